The summed E-state index contributed by atoms with van der Waals surface area (Å²) in [6.07, 6.45) is 3.71. The highest BCUT2D eigenvalue weighted by atomic mass is 19.1. The number of non-ortho nitro benzene ring substituents is 1. The highest BCUT2D eigenvalue weighted by molar-refractivity contribution is 6.21. The van der Waals surface area contributed by atoms with E-state index in [9.17, 15) is 28.5 Å². The van der Waals surface area contributed by atoms with Crippen LogP contribution < -0.4 is 10.9 Å². The fourth-order valence-electron chi connectivity index (χ4n) is 2.64. The van der Waals surface area contributed by atoms with Crippen molar-refractivity contribution in [1.82, 2.24) is 10.9 Å². The zero-order valence-corrected chi connectivity index (χ0v) is 17.9. The van der Waals surface area contributed by atoms with Gasteiger partial charge in [0, 0.05) is 12.1 Å². The van der Waals surface area contributed by atoms with E-state index in [1.165, 1.54) is 91.3 Å². The molecule has 2 N–H and O–H groups in total. The molecular weight excluding hydrogens is 460 g/mol. The second-order valence-electron chi connectivity index (χ2n) is 6.91. The van der Waals surface area contributed by atoms with Crippen LogP contribution >= 0.6 is 0 Å². The number of hydrogen-bond donors (Lipinski definition) is 2. The molecule has 0 spiro atoms. The van der Waals surface area contributed by atoms with Gasteiger partial charge in [-0.3, -0.25) is 19.7 Å². The molecule has 0 radical (unpaired) electrons. The van der Waals surface area contributed by atoms with E-state index in [0.717, 1.165) is 0 Å². The summed E-state index contributed by atoms with van der Waals surface area (Å²) in [4.78, 5) is 35.6. The van der Waals surface area contributed by atoms with Gasteiger partial charge < -0.3 is 0 Å². The average Bonchev–Trinajstić information content (AvgIpc) is 2.85. The molecule has 9 nitrogen and oxygen atoms in total. The van der Waals surface area contributed by atoms with Gasteiger partial charge in [0.25, 0.3) is 17.5 Å². The molecule has 0 aromatic heterocycles. The molecule has 0 heterocycles. The first kappa shape index (κ1) is 24.6. The Hall–Kier alpha value is -5.06. The molecule has 0 aliphatic carbocycles. The summed E-state index contributed by atoms with van der Waals surface area (Å²) in [5.74, 6) is -2.65. The number of carbonyl (C=O) groups excluding carboxylic acids is 2. The molecule has 2 amide bonds. The number of hydrogen-bond acceptors (Lipinski definition) is 6. The fraction of sp³-hybridized carbons (Fsp3) is 0. The van der Waals surface area contributed by atoms with Gasteiger partial charge in [-0.2, -0.15) is 10.2 Å². The van der Waals surface area contributed by atoms with Gasteiger partial charge in [0.1, 0.15) is 17.2 Å². The van der Waals surface area contributed by atoms with Gasteiger partial charge in [0.15, 0.2) is 0 Å². The third kappa shape index (κ3) is 7.49. The van der Waals surface area contributed by atoms with Gasteiger partial charge in [-0.25, -0.2) is 19.6 Å². The van der Waals surface area contributed by atoms with Gasteiger partial charge in [-0.15, -0.1) is 0 Å². The second-order valence-corrected chi connectivity index (χ2v) is 6.91. The van der Waals surface area contributed by atoms with Crippen LogP contribution in [-0.2, 0) is 9.59 Å². The number of rotatable bonds is 8. The zero-order valence-electron chi connectivity index (χ0n) is 17.9. The number of halogens is 2. The van der Waals surface area contributed by atoms with Gasteiger partial charge in [0.05, 0.1) is 17.4 Å². The van der Waals surface area contributed by atoms with E-state index in [1.54, 1.807) is 0 Å². The maximum Gasteiger partial charge on any atom is 0.277 e. The molecule has 3 rings (SSSR count). The Morgan fingerprint density at radius 1 is 0.714 bits per heavy atom. The highest BCUT2D eigenvalue weighted by Gasteiger charge is 2.18. The van der Waals surface area contributed by atoms with Crippen molar-refractivity contribution in [2.45, 2.75) is 0 Å². The molecule has 35 heavy (non-hydrogen) atoms. The maximum absolute atomic E-state index is 13.0. The summed E-state index contributed by atoms with van der Waals surface area (Å²) < 4.78 is 26.0. The Balaban J connectivity index is 1.78. The third-order valence-electron chi connectivity index (χ3n) is 4.40. The lowest BCUT2D eigenvalue weighted by Gasteiger charge is -2.05. The lowest BCUT2D eigenvalue weighted by Crippen LogP contribution is -2.30. The number of hydrazone groups is 2. The van der Waals surface area contributed by atoms with Crippen LogP contribution in [0.5, 0.6) is 0 Å². The van der Waals surface area contributed by atoms with E-state index in [2.05, 4.69) is 21.1 Å². The molecule has 0 aliphatic heterocycles. The molecule has 0 fully saturated rings. The van der Waals surface area contributed by atoms with Crippen LogP contribution in [0.15, 0.2) is 88.6 Å². The van der Waals surface area contributed by atoms with Crippen LogP contribution in [0.1, 0.15) is 16.7 Å². The molecule has 0 atom stereocenters. The Morgan fingerprint density at radius 2 is 1.11 bits per heavy atom. The van der Waals surface area contributed by atoms with E-state index < -0.39 is 33.9 Å². The number of nitrogens with zero attached hydrogens (tertiary/aromatic N) is 3. The van der Waals surface area contributed by atoms with Crippen LogP contribution in [0.25, 0.3) is 6.08 Å². The number of carbonyl (C=O) groups is 2. The summed E-state index contributed by atoms with van der Waals surface area (Å²) in [5, 5.41) is 18.4. The summed E-state index contributed by atoms with van der Waals surface area (Å²) in [6.45, 7) is 0. The van der Waals surface area contributed by atoms with Crippen LogP contribution in [0.3, 0.4) is 0 Å². The topological polar surface area (TPSA) is 126 Å². The Kier molecular flexibility index (Phi) is 8.22. The van der Waals surface area contributed by atoms with Crippen LogP contribution in [0.2, 0.25) is 0 Å². The average molecular weight is 477 g/mol. The van der Waals surface area contributed by atoms with E-state index in [4.69, 9.17) is 0 Å². The smallest absolute Gasteiger partial charge is 0.267 e. The van der Waals surface area contributed by atoms with Crippen molar-refractivity contribution in [1.29, 1.82) is 0 Å². The molecular formula is C24H17F2N5O4. The van der Waals surface area contributed by atoms with Crippen LogP contribution in [-0.4, -0.2) is 29.2 Å². The fourth-order valence-corrected chi connectivity index (χ4v) is 2.64. The Morgan fingerprint density at radius 3 is 1.51 bits per heavy atom. The van der Waals surface area contributed by atoms with Crippen molar-refractivity contribution >= 4 is 36.0 Å². The molecule has 0 bridgehead atoms. The SMILES string of the molecule is O=C(N/N=C/c1ccc(F)cc1)C(=Cc1ccc([N+](=O)[O-])cc1)C(=O)N/N=C/c1ccc(F)cc1. The quantitative estimate of drug-likeness (QED) is 0.128. The predicted octanol–water partition coefficient (Wildman–Crippen LogP) is 3.56. The normalized spacial score (nSPS) is 10.8. The highest BCUT2D eigenvalue weighted by Crippen LogP contribution is 2.15. The number of amides is 2. The number of nitro groups is 1. The summed E-state index contributed by atoms with van der Waals surface area (Å²) in [7, 11) is 0. The second kappa shape index (κ2) is 11.7. The first-order valence-electron chi connectivity index (χ1n) is 9.96. The molecule has 176 valence electrons. The van der Waals surface area contributed by atoms with E-state index in [0.29, 0.717) is 16.7 Å². The third-order valence-corrected chi connectivity index (χ3v) is 4.40. The number of nitrogens with one attached hydrogen (secondary N) is 2. The Labute approximate surface area is 197 Å². The predicted molar refractivity (Wildman–Crippen MR) is 125 cm³/mol. The van der Waals surface area contributed by atoms with Crippen molar-refractivity contribution < 1.29 is 23.3 Å². The largest absolute Gasteiger partial charge is 0.277 e. The standard InChI is InChI=1S/C24H17F2N5O4/c25-19-7-1-17(2-8-19)14-27-29-23(32)22(13-16-5-11-21(12-6-16)31(34)35)24(33)30-28-15-18-3-9-20(26)10-4-18/h1-15H,(H,29,32)(H,30,33)/b27-14+,28-15+. The summed E-state index contributed by atoms with van der Waals surface area (Å²) in [6, 6.07) is 15.8. The minimum atomic E-state index is -0.892. The number of benzene rings is 3. The molecule has 0 aliphatic rings. The summed E-state index contributed by atoms with van der Waals surface area (Å²) in [5.41, 5.74) is 5.17. The lowest BCUT2D eigenvalue weighted by atomic mass is 10.1. The number of nitro benzene ring substituents is 1. The lowest BCUT2D eigenvalue weighted by molar-refractivity contribution is -0.384. The minimum Gasteiger partial charge on any atom is -0.267 e. The monoisotopic (exact) mass is 477 g/mol. The molecule has 0 unspecified atom stereocenters. The van der Waals surface area contributed by atoms with Crippen molar-refractivity contribution in [2.75, 3.05) is 0 Å². The van der Waals surface area contributed by atoms with Crippen molar-refractivity contribution in [3.05, 3.63) is 117 Å². The van der Waals surface area contributed by atoms with Gasteiger partial charge in [-0.1, -0.05) is 24.3 Å². The van der Waals surface area contributed by atoms with Gasteiger partial charge in [-0.05, 0) is 59.2 Å². The van der Waals surface area contributed by atoms with Crippen molar-refractivity contribution in [3.63, 3.8) is 0 Å². The Bertz CT molecular complexity index is 1230. The first-order chi connectivity index (χ1) is 16.8. The van der Waals surface area contributed by atoms with E-state index >= 15 is 0 Å². The zero-order chi connectivity index (χ0) is 25.2. The van der Waals surface area contributed by atoms with Crippen LogP contribution in [0, 0.1) is 21.7 Å². The van der Waals surface area contributed by atoms with Crippen molar-refractivity contribution in [2.24, 2.45) is 10.2 Å². The van der Waals surface area contributed by atoms with E-state index in [1.807, 2.05) is 0 Å². The molecule has 3 aromatic rings. The van der Waals surface area contributed by atoms with Gasteiger partial charge in [0.2, 0.25) is 0 Å². The molecule has 0 saturated heterocycles. The molecule has 0 saturated carbocycles. The minimum absolute atomic E-state index is 0.162. The molecule has 3 aromatic carbocycles. The summed E-state index contributed by atoms with van der Waals surface area (Å²) >= 11 is 0. The maximum atomic E-state index is 13.0. The van der Waals surface area contributed by atoms with Gasteiger partial charge >= 0.3 is 0 Å². The van der Waals surface area contributed by atoms with Crippen molar-refractivity contribution in [3.8, 4) is 0 Å². The molecule has 11 heteroatoms. The van der Waals surface area contributed by atoms with E-state index in [-0.39, 0.29) is 5.69 Å². The first-order valence-corrected chi connectivity index (χ1v) is 9.96. The van der Waals surface area contributed by atoms with Crippen LogP contribution in [0.4, 0.5) is 14.5 Å².